The van der Waals surface area contributed by atoms with Gasteiger partial charge in [0.15, 0.2) is 5.78 Å². The summed E-state index contributed by atoms with van der Waals surface area (Å²) in [5.74, 6) is -0.0747. The molecule has 5 heteroatoms. The van der Waals surface area contributed by atoms with E-state index < -0.39 is 6.04 Å². The molecule has 2 aromatic heterocycles. The quantitative estimate of drug-likeness (QED) is 0.857. The topological polar surface area (TPSA) is 43.1 Å². The number of halogens is 1. The van der Waals surface area contributed by atoms with Gasteiger partial charge in [0.25, 0.3) is 0 Å². The first kappa shape index (κ1) is 10.8. The minimum absolute atomic E-state index is 0.0747. The Kier molecular flexibility index (Phi) is 3.21. The Morgan fingerprint density at radius 1 is 1.40 bits per heavy atom. The fourth-order valence-electron chi connectivity index (χ4n) is 1.20. The molecule has 0 spiro atoms. The van der Waals surface area contributed by atoms with Crippen molar-refractivity contribution in [3.63, 3.8) is 0 Å². The number of nitrogens with two attached hydrogens (primary N) is 1. The fraction of sp³-hybridized carbons (Fsp3) is 0.100. The Bertz CT molecular complexity index is 463. The average Bonchev–Trinajstić information content (AvgIpc) is 2.85. The van der Waals surface area contributed by atoms with Crippen LogP contribution < -0.4 is 5.73 Å². The molecule has 15 heavy (non-hydrogen) atoms. The van der Waals surface area contributed by atoms with Crippen LogP contribution in [0.5, 0.6) is 0 Å². The van der Waals surface area contributed by atoms with Crippen molar-refractivity contribution in [3.8, 4) is 0 Å². The van der Waals surface area contributed by atoms with Crippen LogP contribution in [0.15, 0.2) is 29.6 Å². The smallest absolute Gasteiger partial charge is 0.194 e. The lowest BCUT2D eigenvalue weighted by molar-refractivity contribution is 0.0966. The zero-order valence-corrected chi connectivity index (χ0v) is 10.0. The molecule has 0 saturated heterocycles. The lowest BCUT2D eigenvalue weighted by Gasteiger charge is -2.05. The molecular formula is C10H8ClNOS2. The second-order valence-electron chi connectivity index (χ2n) is 2.96. The van der Waals surface area contributed by atoms with Crippen LogP contribution >= 0.6 is 34.3 Å². The maximum atomic E-state index is 11.9. The number of hydrogen-bond donors (Lipinski definition) is 1. The van der Waals surface area contributed by atoms with Crippen molar-refractivity contribution in [1.82, 2.24) is 0 Å². The van der Waals surface area contributed by atoms with E-state index in [1.807, 2.05) is 17.5 Å². The molecule has 78 valence electrons. The van der Waals surface area contributed by atoms with Crippen molar-refractivity contribution in [1.29, 1.82) is 0 Å². The van der Waals surface area contributed by atoms with Gasteiger partial charge in [-0.05, 0) is 23.6 Å². The van der Waals surface area contributed by atoms with Crippen LogP contribution in [0.1, 0.15) is 20.6 Å². The molecule has 2 nitrogen and oxygen atoms in total. The summed E-state index contributed by atoms with van der Waals surface area (Å²) in [5, 5.41) is 1.91. The summed E-state index contributed by atoms with van der Waals surface area (Å²) in [6, 6.07) is 6.60. The average molecular weight is 258 g/mol. The van der Waals surface area contributed by atoms with Gasteiger partial charge in [0.1, 0.15) is 6.04 Å². The van der Waals surface area contributed by atoms with Gasteiger partial charge in [-0.25, -0.2) is 0 Å². The molecule has 0 bridgehead atoms. The fourth-order valence-corrected chi connectivity index (χ4v) is 2.94. The van der Waals surface area contributed by atoms with Crippen molar-refractivity contribution >= 4 is 40.1 Å². The maximum Gasteiger partial charge on any atom is 0.194 e. The van der Waals surface area contributed by atoms with Gasteiger partial charge < -0.3 is 5.73 Å². The third kappa shape index (κ3) is 2.29. The number of carbonyl (C=O) groups excluding carboxylic acids is 1. The van der Waals surface area contributed by atoms with Crippen molar-refractivity contribution in [2.75, 3.05) is 0 Å². The van der Waals surface area contributed by atoms with Gasteiger partial charge in [0, 0.05) is 4.88 Å². The molecule has 0 radical (unpaired) electrons. The van der Waals surface area contributed by atoms with E-state index in [4.69, 9.17) is 17.3 Å². The van der Waals surface area contributed by atoms with Gasteiger partial charge in [0.05, 0.1) is 9.21 Å². The van der Waals surface area contributed by atoms with Crippen LogP contribution in [0.2, 0.25) is 4.34 Å². The van der Waals surface area contributed by atoms with E-state index in [0.717, 1.165) is 4.88 Å². The van der Waals surface area contributed by atoms with Crippen molar-refractivity contribution in [2.45, 2.75) is 6.04 Å². The summed E-state index contributed by atoms with van der Waals surface area (Å²) in [6.45, 7) is 0. The second-order valence-corrected chi connectivity index (χ2v) is 5.66. The molecule has 2 N–H and O–H groups in total. The highest BCUT2D eigenvalue weighted by molar-refractivity contribution is 7.18. The Hall–Kier alpha value is -0.680. The van der Waals surface area contributed by atoms with Crippen LogP contribution in [0.3, 0.4) is 0 Å². The lowest BCUT2D eigenvalue weighted by Crippen LogP contribution is -2.19. The minimum Gasteiger partial charge on any atom is -0.317 e. The van der Waals surface area contributed by atoms with Gasteiger partial charge in [-0.2, -0.15) is 0 Å². The van der Waals surface area contributed by atoms with E-state index in [1.165, 1.54) is 22.7 Å². The highest BCUT2D eigenvalue weighted by atomic mass is 35.5. The number of carbonyl (C=O) groups is 1. The zero-order chi connectivity index (χ0) is 10.8. The van der Waals surface area contributed by atoms with E-state index in [0.29, 0.717) is 9.21 Å². The van der Waals surface area contributed by atoms with Crippen molar-refractivity contribution in [2.24, 2.45) is 5.73 Å². The Morgan fingerprint density at radius 3 is 2.73 bits per heavy atom. The van der Waals surface area contributed by atoms with Gasteiger partial charge in [-0.15, -0.1) is 22.7 Å². The summed E-state index contributed by atoms with van der Waals surface area (Å²) in [7, 11) is 0. The summed E-state index contributed by atoms with van der Waals surface area (Å²) in [4.78, 5) is 13.4. The molecule has 0 aliphatic carbocycles. The number of ketones is 1. The van der Waals surface area contributed by atoms with E-state index in [-0.39, 0.29) is 5.78 Å². The predicted octanol–water partition coefficient (Wildman–Crippen LogP) is 3.35. The number of thiophene rings is 2. The Balaban J connectivity index is 2.22. The van der Waals surface area contributed by atoms with E-state index in [9.17, 15) is 4.79 Å². The summed E-state index contributed by atoms with van der Waals surface area (Å²) >= 11 is 8.51. The van der Waals surface area contributed by atoms with Gasteiger partial charge in [-0.1, -0.05) is 17.7 Å². The molecular weight excluding hydrogens is 250 g/mol. The molecule has 2 aromatic rings. The highest BCUT2D eigenvalue weighted by Crippen LogP contribution is 2.27. The third-order valence-corrected chi connectivity index (χ3v) is 4.15. The van der Waals surface area contributed by atoms with Crippen LogP contribution in [0.4, 0.5) is 0 Å². The van der Waals surface area contributed by atoms with E-state index in [2.05, 4.69) is 0 Å². The van der Waals surface area contributed by atoms with Crippen molar-refractivity contribution in [3.05, 3.63) is 43.7 Å². The molecule has 0 aromatic carbocycles. The first-order valence-electron chi connectivity index (χ1n) is 4.27. The first-order valence-corrected chi connectivity index (χ1v) is 6.34. The molecule has 0 aliphatic heterocycles. The number of hydrogen-bond acceptors (Lipinski definition) is 4. The summed E-state index contributed by atoms with van der Waals surface area (Å²) in [6.07, 6.45) is 0. The van der Waals surface area contributed by atoms with Gasteiger partial charge in [-0.3, -0.25) is 4.79 Å². The molecule has 0 amide bonds. The Morgan fingerprint density at radius 2 is 2.20 bits per heavy atom. The summed E-state index contributed by atoms with van der Waals surface area (Å²) < 4.78 is 0.608. The normalized spacial score (nSPS) is 12.7. The van der Waals surface area contributed by atoms with Gasteiger partial charge >= 0.3 is 0 Å². The van der Waals surface area contributed by atoms with E-state index >= 15 is 0 Å². The first-order chi connectivity index (χ1) is 7.18. The molecule has 2 heterocycles. The molecule has 1 atom stereocenters. The van der Waals surface area contributed by atoms with Crippen LogP contribution in [-0.2, 0) is 0 Å². The molecule has 1 unspecified atom stereocenters. The minimum atomic E-state index is -0.570. The molecule has 0 fully saturated rings. The third-order valence-electron chi connectivity index (χ3n) is 1.95. The van der Waals surface area contributed by atoms with Crippen LogP contribution in [0.25, 0.3) is 0 Å². The summed E-state index contributed by atoms with van der Waals surface area (Å²) in [5.41, 5.74) is 5.85. The largest absolute Gasteiger partial charge is 0.317 e. The van der Waals surface area contributed by atoms with Crippen LogP contribution in [-0.4, -0.2) is 5.78 Å². The second kappa shape index (κ2) is 4.45. The zero-order valence-electron chi connectivity index (χ0n) is 7.64. The van der Waals surface area contributed by atoms with Crippen LogP contribution in [0, 0.1) is 0 Å². The monoisotopic (exact) mass is 257 g/mol. The van der Waals surface area contributed by atoms with Crippen molar-refractivity contribution < 1.29 is 4.79 Å². The van der Waals surface area contributed by atoms with Gasteiger partial charge in [0.2, 0.25) is 0 Å². The highest BCUT2D eigenvalue weighted by Gasteiger charge is 2.19. The number of Topliss-reactive ketones (excluding diaryl/α,β-unsaturated/α-hetero) is 1. The molecule has 0 aliphatic rings. The maximum absolute atomic E-state index is 11.9. The lowest BCUT2D eigenvalue weighted by atomic mass is 10.1. The predicted molar refractivity (Wildman–Crippen MR) is 64.9 cm³/mol. The standard InChI is InChI=1S/C10H8ClNOS2/c11-8-4-3-7(15-8)10(13)9(12)6-2-1-5-14-6/h1-5,9H,12H2. The Labute approximate surface area is 100 Å². The molecule has 0 saturated carbocycles. The SMILES string of the molecule is NC(C(=O)c1ccc(Cl)s1)c1cccs1. The number of rotatable bonds is 3. The molecule has 2 rings (SSSR count). The van der Waals surface area contributed by atoms with E-state index in [1.54, 1.807) is 12.1 Å².